The minimum atomic E-state index is -0.432. The zero-order valence-corrected chi connectivity index (χ0v) is 15.0. The van der Waals surface area contributed by atoms with E-state index in [2.05, 4.69) is 18.3 Å². The molecule has 0 radical (unpaired) electrons. The van der Waals surface area contributed by atoms with Crippen LogP contribution in [0.25, 0.3) is 0 Å². The predicted molar refractivity (Wildman–Crippen MR) is 94.3 cm³/mol. The van der Waals surface area contributed by atoms with Crippen LogP contribution in [0.4, 0.5) is 0 Å². The quantitative estimate of drug-likeness (QED) is 0.863. The second-order valence-corrected chi connectivity index (χ2v) is 7.57. The molecule has 4 nitrogen and oxygen atoms in total. The van der Waals surface area contributed by atoms with Crippen molar-refractivity contribution in [2.24, 2.45) is 5.41 Å². The SMILES string of the molecule is Cc1ccccc1CNC(=O)C1N(C(C)C)C(=O)C12CCCCC2. The van der Waals surface area contributed by atoms with Crippen LogP contribution in [0, 0.1) is 12.3 Å². The molecule has 1 atom stereocenters. The normalized spacial score (nSPS) is 22.6. The van der Waals surface area contributed by atoms with E-state index in [0.29, 0.717) is 6.54 Å². The molecule has 1 aliphatic heterocycles. The first-order valence-corrected chi connectivity index (χ1v) is 9.12. The third-order valence-electron chi connectivity index (χ3n) is 5.73. The molecule has 0 aromatic heterocycles. The Balaban J connectivity index is 1.75. The zero-order valence-electron chi connectivity index (χ0n) is 15.0. The molecular formula is C20H28N2O2. The smallest absolute Gasteiger partial charge is 0.244 e. The van der Waals surface area contributed by atoms with E-state index in [1.54, 1.807) is 4.90 Å². The Morgan fingerprint density at radius 1 is 1.25 bits per heavy atom. The minimum Gasteiger partial charge on any atom is -0.350 e. The molecule has 2 fully saturated rings. The average molecular weight is 328 g/mol. The van der Waals surface area contributed by atoms with E-state index in [1.165, 1.54) is 12.0 Å². The third-order valence-corrected chi connectivity index (χ3v) is 5.73. The lowest BCUT2D eigenvalue weighted by Gasteiger charge is -2.58. The lowest BCUT2D eigenvalue weighted by atomic mass is 9.61. The Bertz CT molecular complexity index is 632. The molecule has 130 valence electrons. The van der Waals surface area contributed by atoms with Crippen molar-refractivity contribution in [3.8, 4) is 0 Å². The number of benzene rings is 1. The highest BCUT2D eigenvalue weighted by Crippen LogP contribution is 2.50. The molecule has 24 heavy (non-hydrogen) atoms. The van der Waals surface area contributed by atoms with Gasteiger partial charge in [-0.05, 0) is 44.7 Å². The van der Waals surface area contributed by atoms with Crippen molar-refractivity contribution in [1.29, 1.82) is 0 Å². The summed E-state index contributed by atoms with van der Waals surface area (Å²) in [4.78, 5) is 27.5. The number of nitrogens with zero attached hydrogens (tertiary/aromatic N) is 1. The summed E-state index contributed by atoms with van der Waals surface area (Å²) in [6, 6.07) is 7.86. The lowest BCUT2D eigenvalue weighted by molar-refractivity contribution is -0.186. The van der Waals surface area contributed by atoms with Crippen LogP contribution in [-0.4, -0.2) is 28.8 Å². The number of β-lactam (4-membered cyclic amide) rings is 1. The summed E-state index contributed by atoms with van der Waals surface area (Å²) in [5, 5.41) is 3.09. The first-order chi connectivity index (χ1) is 11.5. The highest BCUT2D eigenvalue weighted by Gasteiger charge is 2.63. The molecule has 1 aliphatic carbocycles. The van der Waals surface area contributed by atoms with Crippen LogP contribution in [0.15, 0.2) is 24.3 Å². The second kappa shape index (κ2) is 6.58. The van der Waals surface area contributed by atoms with Crippen LogP contribution in [0.3, 0.4) is 0 Å². The Labute approximate surface area is 144 Å². The summed E-state index contributed by atoms with van der Waals surface area (Å²) >= 11 is 0. The van der Waals surface area contributed by atoms with Crippen molar-refractivity contribution in [3.63, 3.8) is 0 Å². The van der Waals surface area contributed by atoms with E-state index in [0.717, 1.165) is 31.2 Å². The predicted octanol–water partition coefficient (Wildman–Crippen LogP) is 3.18. The van der Waals surface area contributed by atoms with Crippen LogP contribution in [0.1, 0.15) is 57.1 Å². The topological polar surface area (TPSA) is 49.4 Å². The van der Waals surface area contributed by atoms with Gasteiger partial charge < -0.3 is 10.2 Å². The van der Waals surface area contributed by atoms with E-state index in [-0.39, 0.29) is 23.9 Å². The lowest BCUT2D eigenvalue weighted by Crippen LogP contribution is -2.75. The van der Waals surface area contributed by atoms with Gasteiger partial charge in [0.1, 0.15) is 6.04 Å². The van der Waals surface area contributed by atoms with Crippen LogP contribution in [-0.2, 0) is 16.1 Å². The van der Waals surface area contributed by atoms with Crippen LogP contribution in [0.2, 0.25) is 0 Å². The van der Waals surface area contributed by atoms with Gasteiger partial charge in [0.05, 0.1) is 5.41 Å². The minimum absolute atomic E-state index is 0.00783. The fraction of sp³-hybridized carbons (Fsp3) is 0.600. The standard InChI is InChI=1S/C20H28N2O2/c1-14(2)22-17(20(19(22)24)11-7-4-8-12-20)18(23)21-13-16-10-6-5-9-15(16)3/h5-6,9-10,14,17H,4,7-8,11-13H2,1-3H3,(H,21,23). The Kier molecular flexibility index (Phi) is 4.66. The molecule has 1 saturated heterocycles. The fourth-order valence-electron chi connectivity index (χ4n) is 4.36. The van der Waals surface area contributed by atoms with E-state index in [4.69, 9.17) is 0 Å². The summed E-state index contributed by atoms with van der Waals surface area (Å²) in [5.74, 6) is 0.196. The highest BCUT2D eigenvalue weighted by atomic mass is 16.2. The van der Waals surface area contributed by atoms with Gasteiger partial charge in [0.25, 0.3) is 0 Å². The number of rotatable bonds is 4. The van der Waals surface area contributed by atoms with Gasteiger partial charge in [0.15, 0.2) is 0 Å². The van der Waals surface area contributed by atoms with E-state index < -0.39 is 5.41 Å². The largest absolute Gasteiger partial charge is 0.350 e. The molecule has 1 aromatic rings. The van der Waals surface area contributed by atoms with Gasteiger partial charge in [-0.2, -0.15) is 0 Å². The molecule has 1 saturated carbocycles. The number of carbonyl (C=O) groups is 2. The van der Waals surface area contributed by atoms with E-state index >= 15 is 0 Å². The molecule has 1 unspecified atom stereocenters. The molecule has 0 bridgehead atoms. The van der Waals surface area contributed by atoms with E-state index in [1.807, 2.05) is 32.0 Å². The Hall–Kier alpha value is -1.84. The maximum absolute atomic E-state index is 12.9. The Morgan fingerprint density at radius 2 is 1.92 bits per heavy atom. The summed E-state index contributed by atoms with van der Waals surface area (Å²) < 4.78 is 0. The number of aryl methyl sites for hydroxylation is 1. The van der Waals surface area contributed by atoms with Gasteiger partial charge in [-0.15, -0.1) is 0 Å². The molecule has 2 amide bonds. The van der Waals surface area contributed by atoms with Gasteiger partial charge in [0, 0.05) is 12.6 Å². The number of nitrogens with one attached hydrogen (secondary N) is 1. The van der Waals surface area contributed by atoms with Gasteiger partial charge in [-0.1, -0.05) is 43.5 Å². The third kappa shape index (κ3) is 2.72. The number of likely N-dealkylation sites (tertiary alicyclic amines) is 1. The molecular weight excluding hydrogens is 300 g/mol. The number of hydrogen-bond donors (Lipinski definition) is 1. The molecule has 1 spiro atoms. The molecule has 1 heterocycles. The molecule has 1 N–H and O–H groups in total. The highest BCUT2D eigenvalue weighted by molar-refractivity contribution is 6.02. The van der Waals surface area contributed by atoms with Crippen molar-refractivity contribution in [1.82, 2.24) is 10.2 Å². The maximum atomic E-state index is 12.9. The van der Waals surface area contributed by atoms with Crippen LogP contribution >= 0.6 is 0 Å². The van der Waals surface area contributed by atoms with Crippen molar-refractivity contribution in [2.75, 3.05) is 0 Å². The summed E-state index contributed by atoms with van der Waals surface area (Å²) in [6.45, 7) is 6.57. The number of carbonyl (C=O) groups excluding carboxylic acids is 2. The van der Waals surface area contributed by atoms with Crippen molar-refractivity contribution < 1.29 is 9.59 Å². The van der Waals surface area contributed by atoms with Gasteiger partial charge in [0.2, 0.25) is 11.8 Å². The zero-order chi connectivity index (χ0) is 17.3. The monoisotopic (exact) mass is 328 g/mol. The summed E-state index contributed by atoms with van der Waals surface area (Å²) in [7, 11) is 0. The van der Waals surface area contributed by atoms with Gasteiger partial charge in [-0.25, -0.2) is 0 Å². The molecule has 1 aromatic carbocycles. The second-order valence-electron chi connectivity index (χ2n) is 7.57. The van der Waals surface area contributed by atoms with Gasteiger partial charge >= 0.3 is 0 Å². The first-order valence-electron chi connectivity index (χ1n) is 9.12. The van der Waals surface area contributed by atoms with Gasteiger partial charge in [-0.3, -0.25) is 9.59 Å². The number of amides is 2. The summed E-state index contributed by atoms with van der Waals surface area (Å²) in [6.07, 6.45) is 5.00. The maximum Gasteiger partial charge on any atom is 0.244 e. The van der Waals surface area contributed by atoms with Crippen molar-refractivity contribution in [3.05, 3.63) is 35.4 Å². The first kappa shape index (κ1) is 17.0. The number of hydrogen-bond acceptors (Lipinski definition) is 2. The summed E-state index contributed by atoms with van der Waals surface area (Å²) in [5.41, 5.74) is 1.87. The van der Waals surface area contributed by atoms with E-state index in [9.17, 15) is 9.59 Å². The average Bonchev–Trinajstić information content (AvgIpc) is 2.58. The Morgan fingerprint density at radius 3 is 2.54 bits per heavy atom. The van der Waals surface area contributed by atoms with Crippen LogP contribution in [0.5, 0.6) is 0 Å². The van der Waals surface area contributed by atoms with Crippen molar-refractivity contribution in [2.45, 2.75) is 71.5 Å². The van der Waals surface area contributed by atoms with Crippen LogP contribution < -0.4 is 5.32 Å². The molecule has 4 heteroatoms. The van der Waals surface area contributed by atoms with Crippen molar-refractivity contribution >= 4 is 11.8 Å². The molecule has 2 aliphatic rings. The molecule has 3 rings (SSSR count). The fourth-order valence-corrected chi connectivity index (χ4v) is 4.36.